The van der Waals surface area contributed by atoms with E-state index in [1.54, 1.807) is 0 Å². The van der Waals surface area contributed by atoms with Crippen molar-refractivity contribution in [2.24, 2.45) is 0 Å². The van der Waals surface area contributed by atoms with Gasteiger partial charge in [0.15, 0.2) is 0 Å². The fraction of sp³-hybridized carbons (Fsp3) is 0.400. The van der Waals surface area contributed by atoms with Crippen LogP contribution in [0.1, 0.15) is 25.3 Å². The van der Waals surface area contributed by atoms with Crippen LogP contribution in [0.25, 0.3) is 0 Å². The van der Waals surface area contributed by atoms with Crippen molar-refractivity contribution in [3.8, 4) is 5.75 Å². The molecule has 1 aromatic carbocycles. The topological polar surface area (TPSA) is 64.5 Å². The van der Waals surface area contributed by atoms with Crippen molar-refractivity contribution in [3.05, 3.63) is 35.7 Å². The standard InChI is InChI=1S/C15H21N3O2/c1-10(2)19-15-8-13(5-6-14(15)16)18(4)9-12-7-11(3)20-17-12/h5-8,10H,9,16H2,1-4H3. The molecule has 0 unspecified atom stereocenters. The summed E-state index contributed by atoms with van der Waals surface area (Å²) in [6.07, 6.45) is 0.0936. The lowest BCUT2D eigenvalue weighted by molar-refractivity contribution is 0.244. The molecule has 108 valence electrons. The molecule has 0 amide bonds. The maximum atomic E-state index is 5.92. The van der Waals surface area contributed by atoms with Crippen LogP contribution in [-0.2, 0) is 6.54 Å². The smallest absolute Gasteiger partial charge is 0.144 e. The van der Waals surface area contributed by atoms with Crippen molar-refractivity contribution < 1.29 is 9.26 Å². The van der Waals surface area contributed by atoms with Crippen LogP contribution in [0, 0.1) is 6.92 Å². The van der Waals surface area contributed by atoms with Gasteiger partial charge in [-0.25, -0.2) is 0 Å². The molecular weight excluding hydrogens is 254 g/mol. The van der Waals surface area contributed by atoms with Crippen molar-refractivity contribution in [1.82, 2.24) is 5.16 Å². The zero-order valence-electron chi connectivity index (χ0n) is 12.4. The van der Waals surface area contributed by atoms with Gasteiger partial charge in [0.25, 0.3) is 0 Å². The highest BCUT2D eigenvalue weighted by molar-refractivity contribution is 5.62. The van der Waals surface area contributed by atoms with Gasteiger partial charge in [0.1, 0.15) is 17.2 Å². The molecule has 0 saturated carbocycles. The van der Waals surface area contributed by atoms with E-state index in [1.807, 2.05) is 52.1 Å². The highest BCUT2D eigenvalue weighted by atomic mass is 16.5. The first-order chi connectivity index (χ1) is 9.45. The molecule has 0 aliphatic rings. The third-order valence-electron chi connectivity index (χ3n) is 2.88. The van der Waals surface area contributed by atoms with Gasteiger partial charge in [-0.1, -0.05) is 5.16 Å². The molecule has 2 aromatic rings. The summed E-state index contributed by atoms with van der Waals surface area (Å²) >= 11 is 0. The number of nitrogen functional groups attached to an aromatic ring is 1. The van der Waals surface area contributed by atoms with Crippen LogP contribution in [-0.4, -0.2) is 18.3 Å². The number of ether oxygens (including phenoxy) is 1. The van der Waals surface area contributed by atoms with E-state index in [2.05, 4.69) is 10.1 Å². The first-order valence-electron chi connectivity index (χ1n) is 6.65. The highest BCUT2D eigenvalue weighted by Gasteiger charge is 2.10. The van der Waals surface area contributed by atoms with E-state index >= 15 is 0 Å². The van der Waals surface area contributed by atoms with Gasteiger partial charge in [-0.3, -0.25) is 0 Å². The van der Waals surface area contributed by atoms with Gasteiger partial charge in [0.05, 0.1) is 18.3 Å². The molecule has 0 saturated heterocycles. The largest absolute Gasteiger partial charge is 0.489 e. The Kier molecular flexibility index (Phi) is 4.17. The molecule has 1 aromatic heterocycles. The Morgan fingerprint density at radius 3 is 2.70 bits per heavy atom. The van der Waals surface area contributed by atoms with E-state index in [4.69, 9.17) is 15.0 Å². The summed E-state index contributed by atoms with van der Waals surface area (Å²) in [6.45, 7) is 6.51. The zero-order valence-corrected chi connectivity index (χ0v) is 12.4. The fourth-order valence-corrected chi connectivity index (χ4v) is 1.94. The minimum Gasteiger partial charge on any atom is -0.489 e. The first kappa shape index (κ1) is 14.2. The normalized spacial score (nSPS) is 10.8. The summed E-state index contributed by atoms with van der Waals surface area (Å²) < 4.78 is 10.8. The lowest BCUT2D eigenvalue weighted by atomic mass is 10.2. The molecular formula is C15H21N3O2. The Bertz CT molecular complexity index is 578. The molecule has 5 heteroatoms. The summed E-state index contributed by atoms with van der Waals surface area (Å²) in [5, 5.41) is 4.00. The lowest BCUT2D eigenvalue weighted by Gasteiger charge is -2.20. The van der Waals surface area contributed by atoms with Gasteiger partial charge in [0.2, 0.25) is 0 Å². The maximum Gasteiger partial charge on any atom is 0.144 e. The number of nitrogens with two attached hydrogens (primary N) is 1. The quantitative estimate of drug-likeness (QED) is 0.850. The molecule has 2 rings (SSSR count). The van der Waals surface area contributed by atoms with E-state index in [-0.39, 0.29) is 6.10 Å². The zero-order chi connectivity index (χ0) is 14.7. The van der Waals surface area contributed by atoms with Crippen LogP contribution in [0.5, 0.6) is 5.75 Å². The predicted molar refractivity (Wildman–Crippen MR) is 80.0 cm³/mol. The fourth-order valence-electron chi connectivity index (χ4n) is 1.94. The first-order valence-corrected chi connectivity index (χ1v) is 6.65. The Labute approximate surface area is 119 Å². The molecule has 20 heavy (non-hydrogen) atoms. The van der Waals surface area contributed by atoms with Gasteiger partial charge in [0, 0.05) is 24.9 Å². The number of rotatable bonds is 5. The lowest BCUT2D eigenvalue weighted by Crippen LogP contribution is -2.17. The van der Waals surface area contributed by atoms with Crippen molar-refractivity contribution in [2.75, 3.05) is 17.7 Å². The second-order valence-electron chi connectivity index (χ2n) is 5.17. The maximum absolute atomic E-state index is 5.92. The second kappa shape index (κ2) is 5.86. The minimum absolute atomic E-state index is 0.0936. The molecule has 2 N–H and O–H groups in total. The van der Waals surface area contributed by atoms with E-state index in [1.165, 1.54) is 0 Å². The van der Waals surface area contributed by atoms with Crippen LogP contribution < -0.4 is 15.4 Å². The third kappa shape index (κ3) is 3.44. The molecule has 1 heterocycles. The summed E-state index contributed by atoms with van der Waals surface area (Å²) in [7, 11) is 1.99. The summed E-state index contributed by atoms with van der Waals surface area (Å²) in [5.74, 6) is 1.52. The van der Waals surface area contributed by atoms with Crippen LogP contribution in [0.4, 0.5) is 11.4 Å². The van der Waals surface area contributed by atoms with Crippen LogP contribution in [0.3, 0.4) is 0 Å². The van der Waals surface area contributed by atoms with E-state index < -0.39 is 0 Å². The van der Waals surface area contributed by atoms with Gasteiger partial charge in [-0.15, -0.1) is 0 Å². The molecule has 5 nitrogen and oxygen atoms in total. The van der Waals surface area contributed by atoms with Gasteiger partial charge in [-0.2, -0.15) is 0 Å². The highest BCUT2D eigenvalue weighted by Crippen LogP contribution is 2.28. The van der Waals surface area contributed by atoms with Gasteiger partial charge in [-0.05, 0) is 32.9 Å². The monoisotopic (exact) mass is 275 g/mol. The Balaban J connectivity index is 2.15. The van der Waals surface area contributed by atoms with Crippen LogP contribution >= 0.6 is 0 Å². The van der Waals surface area contributed by atoms with E-state index in [0.29, 0.717) is 18.0 Å². The Hall–Kier alpha value is -2.17. The van der Waals surface area contributed by atoms with Crippen molar-refractivity contribution in [2.45, 2.75) is 33.4 Å². The number of nitrogens with zero attached hydrogens (tertiary/aromatic N) is 2. The van der Waals surface area contributed by atoms with Gasteiger partial charge >= 0.3 is 0 Å². The SMILES string of the molecule is Cc1cc(CN(C)c2ccc(N)c(OC(C)C)c2)no1. The third-order valence-corrected chi connectivity index (χ3v) is 2.88. The Morgan fingerprint density at radius 1 is 1.35 bits per heavy atom. The predicted octanol–water partition coefficient (Wildman–Crippen LogP) is 2.99. The number of hydrogen-bond donors (Lipinski definition) is 1. The molecule has 0 aliphatic carbocycles. The number of aromatic nitrogens is 1. The average Bonchev–Trinajstić information content (AvgIpc) is 2.77. The average molecular weight is 275 g/mol. The minimum atomic E-state index is 0.0936. The summed E-state index contributed by atoms with van der Waals surface area (Å²) in [5.41, 5.74) is 8.49. The van der Waals surface area contributed by atoms with Crippen LogP contribution in [0.2, 0.25) is 0 Å². The number of anilines is 2. The van der Waals surface area contributed by atoms with Gasteiger partial charge < -0.3 is 19.9 Å². The number of hydrogen-bond acceptors (Lipinski definition) is 5. The molecule has 0 radical (unpaired) electrons. The van der Waals surface area contributed by atoms with E-state index in [0.717, 1.165) is 17.1 Å². The molecule has 0 spiro atoms. The summed E-state index contributed by atoms with van der Waals surface area (Å²) in [6, 6.07) is 7.70. The molecule has 0 atom stereocenters. The summed E-state index contributed by atoms with van der Waals surface area (Å²) in [4.78, 5) is 2.07. The van der Waals surface area contributed by atoms with Crippen molar-refractivity contribution in [1.29, 1.82) is 0 Å². The molecule has 0 aliphatic heterocycles. The molecule has 0 bridgehead atoms. The van der Waals surface area contributed by atoms with Crippen LogP contribution in [0.15, 0.2) is 28.8 Å². The number of benzene rings is 1. The van der Waals surface area contributed by atoms with Crippen molar-refractivity contribution in [3.63, 3.8) is 0 Å². The Morgan fingerprint density at radius 2 is 2.10 bits per heavy atom. The second-order valence-corrected chi connectivity index (χ2v) is 5.17. The van der Waals surface area contributed by atoms with E-state index in [9.17, 15) is 0 Å². The molecule has 0 fully saturated rings. The number of aryl methyl sites for hydroxylation is 1. The van der Waals surface area contributed by atoms with Crippen molar-refractivity contribution >= 4 is 11.4 Å².